The normalized spacial score (nSPS) is 25.8. The molecule has 3 rings (SSSR count). The Bertz CT molecular complexity index is 435. The van der Waals surface area contributed by atoms with Gasteiger partial charge in [0.25, 0.3) is 0 Å². The molecule has 5 heteroatoms. The minimum atomic E-state index is -0.224. The molecule has 2 aliphatic heterocycles. The summed E-state index contributed by atoms with van der Waals surface area (Å²) in [6.07, 6.45) is 3.78. The lowest BCUT2D eigenvalue weighted by Gasteiger charge is -2.34. The van der Waals surface area contributed by atoms with Gasteiger partial charge in [-0.05, 0) is 46.2 Å². The molecule has 0 aliphatic carbocycles. The summed E-state index contributed by atoms with van der Waals surface area (Å²) in [6, 6.07) is 0.634. The molecular formula is C14H24N4O. The number of aliphatic hydroxyl groups is 1. The summed E-state index contributed by atoms with van der Waals surface area (Å²) in [7, 11) is 0. The van der Waals surface area contributed by atoms with Gasteiger partial charge in [0.05, 0.1) is 12.6 Å². The third kappa shape index (κ3) is 2.54. The fourth-order valence-corrected chi connectivity index (χ4v) is 3.31. The summed E-state index contributed by atoms with van der Waals surface area (Å²) in [5.74, 6) is 2.69. The maximum absolute atomic E-state index is 9.83. The average Bonchev–Trinajstić information content (AvgIpc) is 2.81. The van der Waals surface area contributed by atoms with Gasteiger partial charge in [-0.25, -0.2) is 0 Å². The van der Waals surface area contributed by atoms with E-state index in [0.29, 0.717) is 18.5 Å². The highest BCUT2D eigenvalue weighted by Crippen LogP contribution is 2.29. The second kappa shape index (κ2) is 5.21. The molecule has 19 heavy (non-hydrogen) atoms. The minimum absolute atomic E-state index is 0.224. The van der Waals surface area contributed by atoms with Crippen LogP contribution in [0.5, 0.6) is 0 Å². The lowest BCUT2D eigenvalue weighted by atomic mass is 9.94. The molecule has 1 aromatic rings. The summed E-state index contributed by atoms with van der Waals surface area (Å²) in [6.45, 7) is 7.49. The quantitative estimate of drug-likeness (QED) is 0.871. The lowest BCUT2D eigenvalue weighted by molar-refractivity contribution is 0.125. The Kier molecular flexibility index (Phi) is 3.58. The Labute approximate surface area is 114 Å². The molecule has 106 valence electrons. The van der Waals surface area contributed by atoms with Crippen molar-refractivity contribution in [3.63, 3.8) is 0 Å². The van der Waals surface area contributed by atoms with Crippen LogP contribution in [0.2, 0.25) is 0 Å². The standard InChI is InChI=1S/C14H24N4O/c1-10(2)17-7-5-11(6-8-17)14-16-15-13-4-3-12(19)9-18(13)14/h10-12,19H,3-9H2,1-2H3. The van der Waals surface area contributed by atoms with Crippen LogP contribution in [0, 0.1) is 0 Å². The first kappa shape index (κ1) is 13.1. The van der Waals surface area contributed by atoms with E-state index >= 15 is 0 Å². The number of hydrogen-bond donors (Lipinski definition) is 1. The molecular weight excluding hydrogens is 240 g/mol. The van der Waals surface area contributed by atoms with Gasteiger partial charge in [0, 0.05) is 18.4 Å². The van der Waals surface area contributed by atoms with Crippen LogP contribution in [-0.4, -0.2) is 50.0 Å². The zero-order valence-electron chi connectivity index (χ0n) is 11.9. The van der Waals surface area contributed by atoms with Gasteiger partial charge in [-0.15, -0.1) is 10.2 Å². The molecule has 1 unspecified atom stereocenters. The van der Waals surface area contributed by atoms with E-state index < -0.39 is 0 Å². The molecule has 3 heterocycles. The zero-order chi connectivity index (χ0) is 13.4. The molecule has 0 radical (unpaired) electrons. The van der Waals surface area contributed by atoms with Crippen LogP contribution in [-0.2, 0) is 13.0 Å². The van der Waals surface area contributed by atoms with Crippen molar-refractivity contribution in [2.75, 3.05) is 13.1 Å². The fraction of sp³-hybridized carbons (Fsp3) is 0.857. The van der Waals surface area contributed by atoms with Crippen molar-refractivity contribution >= 4 is 0 Å². The predicted molar refractivity (Wildman–Crippen MR) is 73.0 cm³/mol. The van der Waals surface area contributed by atoms with Crippen LogP contribution in [0.25, 0.3) is 0 Å². The van der Waals surface area contributed by atoms with Crippen molar-refractivity contribution in [3.8, 4) is 0 Å². The van der Waals surface area contributed by atoms with Crippen molar-refractivity contribution in [2.45, 2.75) is 64.1 Å². The third-order valence-electron chi connectivity index (χ3n) is 4.58. The Morgan fingerprint density at radius 2 is 1.89 bits per heavy atom. The maximum atomic E-state index is 9.83. The molecule has 0 spiro atoms. The third-order valence-corrected chi connectivity index (χ3v) is 4.58. The number of aryl methyl sites for hydroxylation is 1. The molecule has 0 amide bonds. The first-order valence-corrected chi connectivity index (χ1v) is 7.49. The van der Waals surface area contributed by atoms with Gasteiger partial charge in [-0.1, -0.05) is 0 Å². The first-order valence-electron chi connectivity index (χ1n) is 7.49. The Hall–Kier alpha value is -0.940. The number of aromatic nitrogens is 3. The molecule has 1 fully saturated rings. The van der Waals surface area contributed by atoms with Crippen LogP contribution < -0.4 is 0 Å². The van der Waals surface area contributed by atoms with E-state index in [1.165, 1.54) is 0 Å². The second-order valence-corrected chi connectivity index (χ2v) is 6.18. The summed E-state index contributed by atoms with van der Waals surface area (Å²) in [5.41, 5.74) is 0. The Balaban J connectivity index is 1.72. The van der Waals surface area contributed by atoms with Gasteiger partial charge in [0.15, 0.2) is 0 Å². The van der Waals surface area contributed by atoms with Crippen molar-refractivity contribution in [1.29, 1.82) is 0 Å². The summed E-state index contributed by atoms with van der Waals surface area (Å²) in [5, 5.41) is 18.5. The number of rotatable bonds is 2. The van der Waals surface area contributed by atoms with Crippen molar-refractivity contribution in [2.24, 2.45) is 0 Å². The highest BCUT2D eigenvalue weighted by molar-refractivity contribution is 5.06. The predicted octanol–water partition coefficient (Wildman–Crippen LogP) is 1.17. The molecule has 2 aliphatic rings. The second-order valence-electron chi connectivity index (χ2n) is 6.18. The van der Waals surface area contributed by atoms with Crippen molar-refractivity contribution < 1.29 is 5.11 Å². The van der Waals surface area contributed by atoms with Gasteiger partial charge in [-0.2, -0.15) is 0 Å². The number of piperidine rings is 1. The molecule has 1 saturated heterocycles. The van der Waals surface area contributed by atoms with E-state index in [0.717, 1.165) is 50.4 Å². The first-order chi connectivity index (χ1) is 9.15. The topological polar surface area (TPSA) is 54.2 Å². The minimum Gasteiger partial charge on any atom is -0.391 e. The SMILES string of the molecule is CC(C)N1CCC(c2nnc3n2CC(O)CC3)CC1. The highest BCUT2D eigenvalue weighted by Gasteiger charge is 2.29. The van der Waals surface area contributed by atoms with Crippen molar-refractivity contribution in [3.05, 3.63) is 11.6 Å². The molecule has 0 bridgehead atoms. The van der Waals surface area contributed by atoms with E-state index in [2.05, 4.69) is 33.5 Å². The molecule has 1 N–H and O–H groups in total. The number of fused-ring (bicyclic) bond motifs is 1. The van der Waals surface area contributed by atoms with Gasteiger partial charge >= 0.3 is 0 Å². The molecule has 0 aromatic carbocycles. The monoisotopic (exact) mass is 264 g/mol. The fourth-order valence-electron chi connectivity index (χ4n) is 3.31. The van der Waals surface area contributed by atoms with Crippen LogP contribution >= 0.6 is 0 Å². The number of likely N-dealkylation sites (tertiary alicyclic amines) is 1. The van der Waals surface area contributed by atoms with Crippen LogP contribution in [0.3, 0.4) is 0 Å². The van der Waals surface area contributed by atoms with E-state index in [-0.39, 0.29) is 6.10 Å². The van der Waals surface area contributed by atoms with Gasteiger partial charge in [0.2, 0.25) is 0 Å². The molecule has 1 atom stereocenters. The van der Waals surface area contributed by atoms with Gasteiger partial charge < -0.3 is 14.6 Å². The van der Waals surface area contributed by atoms with E-state index in [1.807, 2.05) is 0 Å². The number of hydrogen-bond acceptors (Lipinski definition) is 4. The van der Waals surface area contributed by atoms with E-state index in [9.17, 15) is 5.11 Å². The van der Waals surface area contributed by atoms with Gasteiger partial charge in [-0.3, -0.25) is 0 Å². The van der Waals surface area contributed by atoms with E-state index in [4.69, 9.17) is 0 Å². The number of nitrogens with zero attached hydrogens (tertiary/aromatic N) is 4. The van der Waals surface area contributed by atoms with Crippen LogP contribution in [0.15, 0.2) is 0 Å². The van der Waals surface area contributed by atoms with E-state index in [1.54, 1.807) is 0 Å². The average molecular weight is 264 g/mol. The highest BCUT2D eigenvalue weighted by atomic mass is 16.3. The molecule has 5 nitrogen and oxygen atoms in total. The van der Waals surface area contributed by atoms with Crippen LogP contribution in [0.4, 0.5) is 0 Å². The molecule has 0 saturated carbocycles. The maximum Gasteiger partial charge on any atom is 0.136 e. The summed E-state index contributed by atoms with van der Waals surface area (Å²) >= 11 is 0. The Morgan fingerprint density at radius 1 is 1.16 bits per heavy atom. The summed E-state index contributed by atoms with van der Waals surface area (Å²) < 4.78 is 2.17. The molecule has 1 aromatic heterocycles. The Morgan fingerprint density at radius 3 is 2.58 bits per heavy atom. The van der Waals surface area contributed by atoms with Crippen molar-refractivity contribution in [1.82, 2.24) is 19.7 Å². The summed E-state index contributed by atoms with van der Waals surface area (Å²) in [4.78, 5) is 2.53. The largest absolute Gasteiger partial charge is 0.391 e. The smallest absolute Gasteiger partial charge is 0.136 e. The lowest BCUT2D eigenvalue weighted by Crippen LogP contribution is -2.38. The van der Waals surface area contributed by atoms with Crippen LogP contribution in [0.1, 0.15) is 50.7 Å². The van der Waals surface area contributed by atoms with Gasteiger partial charge in [0.1, 0.15) is 11.6 Å². The zero-order valence-corrected chi connectivity index (χ0v) is 11.9. The number of aliphatic hydroxyl groups excluding tert-OH is 1.